The zero-order chi connectivity index (χ0) is 12.8. The fraction of sp³-hybridized carbons (Fsp3) is 0.625. The number of aliphatic hydroxyl groups is 1. The average molecular weight is 247 g/mol. The smallest absolute Gasteiger partial charge is 0.0456 e. The van der Waals surface area contributed by atoms with Gasteiger partial charge in [-0.15, -0.1) is 0 Å². The van der Waals surface area contributed by atoms with Crippen LogP contribution < -0.4 is 5.32 Å². The Morgan fingerprint density at radius 1 is 1.33 bits per heavy atom. The lowest BCUT2D eigenvalue weighted by Gasteiger charge is -2.11. The van der Waals surface area contributed by atoms with E-state index in [9.17, 15) is 0 Å². The number of hydrogen-bond acceptors (Lipinski definition) is 2. The molecular weight excluding hydrogens is 222 g/mol. The zero-order valence-electron chi connectivity index (χ0n) is 11.4. The summed E-state index contributed by atoms with van der Waals surface area (Å²) >= 11 is 0. The number of benzene rings is 1. The zero-order valence-corrected chi connectivity index (χ0v) is 11.4. The predicted octanol–water partition coefficient (Wildman–Crippen LogP) is 3.06. The average Bonchev–Trinajstić information content (AvgIpc) is 3.23. The third-order valence-electron chi connectivity index (χ3n) is 3.75. The molecule has 2 rings (SSSR count). The molecule has 0 saturated heterocycles. The predicted molar refractivity (Wildman–Crippen MR) is 75.6 cm³/mol. The minimum Gasteiger partial charge on any atom is -0.396 e. The summed E-state index contributed by atoms with van der Waals surface area (Å²) in [4.78, 5) is 0. The molecule has 100 valence electrons. The van der Waals surface area contributed by atoms with Crippen molar-refractivity contribution in [3.63, 3.8) is 0 Å². The molecule has 1 fully saturated rings. The van der Waals surface area contributed by atoms with Crippen LogP contribution in [0, 0.1) is 5.92 Å². The standard InChI is InChI=1S/C16H25NO/c1-13(12-18)5-4-10-17-11-15-6-2-3-7-16(15)14-8-9-14/h2-3,6-7,13-14,17-18H,4-5,8-12H2,1H3. The molecule has 0 radical (unpaired) electrons. The fourth-order valence-electron chi connectivity index (χ4n) is 2.38. The SMILES string of the molecule is CC(CO)CCCNCc1ccccc1C1CC1. The van der Waals surface area contributed by atoms with Crippen LogP contribution >= 0.6 is 0 Å². The van der Waals surface area contributed by atoms with Crippen molar-refractivity contribution in [1.29, 1.82) is 0 Å². The van der Waals surface area contributed by atoms with Crippen LogP contribution in [0.1, 0.15) is 49.7 Å². The van der Waals surface area contributed by atoms with E-state index >= 15 is 0 Å². The van der Waals surface area contributed by atoms with Crippen LogP contribution in [0.25, 0.3) is 0 Å². The molecule has 0 aromatic heterocycles. The summed E-state index contributed by atoms with van der Waals surface area (Å²) in [5.74, 6) is 1.27. The van der Waals surface area contributed by atoms with Gasteiger partial charge in [0.1, 0.15) is 0 Å². The van der Waals surface area contributed by atoms with E-state index in [0.29, 0.717) is 12.5 Å². The van der Waals surface area contributed by atoms with Crippen LogP contribution in [-0.4, -0.2) is 18.3 Å². The summed E-state index contributed by atoms with van der Waals surface area (Å²) in [6, 6.07) is 8.82. The minimum absolute atomic E-state index is 0.310. The monoisotopic (exact) mass is 247 g/mol. The molecule has 2 nitrogen and oxygen atoms in total. The Morgan fingerprint density at radius 2 is 2.11 bits per heavy atom. The molecule has 1 aliphatic rings. The van der Waals surface area contributed by atoms with Crippen LogP contribution in [0.4, 0.5) is 0 Å². The van der Waals surface area contributed by atoms with E-state index in [1.165, 1.54) is 18.4 Å². The summed E-state index contributed by atoms with van der Waals surface area (Å²) in [5.41, 5.74) is 3.02. The second kappa shape index (κ2) is 6.91. The molecule has 0 amide bonds. The molecular formula is C16H25NO. The molecule has 2 heteroatoms. The van der Waals surface area contributed by atoms with Gasteiger partial charge >= 0.3 is 0 Å². The summed E-state index contributed by atoms with van der Waals surface area (Å²) in [6.45, 7) is 4.44. The van der Waals surface area contributed by atoms with Gasteiger partial charge in [0.05, 0.1) is 0 Å². The number of rotatable bonds is 8. The molecule has 1 aromatic carbocycles. The van der Waals surface area contributed by atoms with Crippen LogP contribution in [0.5, 0.6) is 0 Å². The van der Waals surface area contributed by atoms with Crippen molar-refractivity contribution in [1.82, 2.24) is 5.32 Å². The topological polar surface area (TPSA) is 32.3 Å². The van der Waals surface area contributed by atoms with E-state index in [4.69, 9.17) is 5.11 Å². The summed E-state index contributed by atoms with van der Waals surface area (Å²) < 4.78 is 0. The Hall–Kier alpha value is -0.860. The number of hydrogen-bond donors (Lipinski definition) is 2. The quantitative estimate of drug-likeness (QED) is 0.692. The Morgan fingerprint density at radius 3 is 2.83 bits per heavy atom. The Bertz CT molecular complexity index is 360. The normalized spacial score (nSPS) is 16.8. The molecule has 0 aliphatic heterocycles. The van der Waals surface area contributed by atoms with Crippen molar-refractivity contribution < 1.29 is 5.11 Å². The Kier molecular flexibility index (Phi) is 5.21. The van der Waals surface area contributed by atoms with Crippen molar-refractivity contribution in [3.8, 4) is 0 Å². The van der Waals surface area contributed by atoms with Crippen LogP contribution in [0.15, 0.2) is 24.3 Å². The van der Waals surface area contributed by atoms with Crippen LogP contribution in [0.3, 0.4) is 0 Å². The first kappa shape index (κ1) is 13.6. The maximum absolute atomic E-state index is 8.95. The highest BCUT2D eigenvalue weighted by Crippen LogP contribution is 2.41. The highest BCUT2D eigenvalue weighted by Gasteiger charge is 2.25. The van der Waals surface area contributed by atoms with Crippen molar-refractivity contribution in [2.45, 2.75) is 45.1 Å². The third kappa shape index (κ3) is 4.11. The number of aliphatic hydroxyl groups excluding tert-OH is 1. The van der Waals surface area contributed by atoms with Gasteiger partial charge in [-0.05, 0) is 55.2 Å². The van der Waals surface area contributed by atoms with Crippen molar-refractivity contribution in [3.05, 3.63) is 35.4 Å². The van der Waals surface area contributed by atoms with E-state index in [1.54, 1.807) is 5.56 Å². The first-order chi connectivity index (χ1) is 8.81. The van der Waals surface area contributed by atoms with Crippen molar-refractivity contribution in [2.24, 2.45) is 5.92 Å². The number of nitrogens with one attached hydrogen (secondary N) is 1. The first-order valence-corrected chi connectivity index (χ1v) is 7.20. The highest BCUT2D eigenvalue weighted by molar-refractivity contribution is 5.33. The molecule has 0 spiro atoms. The van der Waals surface area contributed by atoms with Gasteiger partial charge in [0.2, 0.25) is 0 Å². The second-order valence-corrected chi connectivity index (χ2v) is 5.58. The molecule has 1 atom stereocenters. The van der Waals surface area contributed by atoms with Gasteiger partial charge in [0.15, 0.2) is 0 Å². The maximum Gasteiger partial charge on any atom is 0.0456 e. The van der Waals surface area contributed by atoms with E-state index < -0.39 is 0 Å². The molecule has 1 unspecified atom stereocenters. The molecule has 1 aromatic rings. The molecule has 2 N–H and O–H groups in total. The molecule has 1 saturated carbocycles. The Labute approximate surface area is 110 Å². The Balaban J connectivity index is 1.70. The molecule has 18 heavy (non-hydrogen) atoms. The fourth-order valence-corrected chi connectivity index (χ4v) is 2.38. The molecule has 1 aliphatic carbocycles. The lowest BCUT2D eigenvalue weighted by molar-refractivity contribution is 0.228. The largest absolute Gasteiger partial charge is 0.396 e. The van der Waals surface area contributed by atoms with Crippen molar-refractivity contribution >= 4 is 0 Å². The molecule has 0 bridgehead atoms. The lowest BCUT2D eigenvalue weighted by atomic mass is 10.0. The first-order valence-electron chi connectivity index (χ1n) is 7.20. The van der Waals surface area contributed by atoms with Gasteiger partial charge in [-0.25, -0.2) is 0 Å². The minimum atomic E-state index is 0.310. The van der Waals surface area contributed by atoms with Crippen LogP contribution in [0.2, 0.25) is 0 Å². The second-order valence-electron chi connectivity index (χ2n) is 5.58. The van der Waals surface area contributed by atoms with Crippen molar-refractivity contribution in [2.75, 3.05) is 13.2 Å². The van der Waals surface area contributed by atoms with Gasteiger partial charge < -0.3 is 10.4 Å². The van der Waals surface area contributed by atoms with Gasteiger partial charge in [-0.1, -0.05) is 31.2 Å². The van der Waals surface area contributed by atoms with Gasteiger partial charge in [-0.2, -0.15) is 0 Å². The van der Waals surface area contributed by atoms with E-state index in [2.05, 4.69) is 36.5 Å². The molecule has 0 heterocycles. The van der Waals surface area contributed by atoms with Gasteiger partial charge in [0.25, 0.3) is 0 Å². The third-order valence-corrected chi connectivity index (χ3v) is 3.75. The van der Waals surface area contributed by atoms with E-state index in [0.717, 1.165) is 31.8 Å². The van der Waals surface area contributed by atoms with E-state index in [-0.39, 0.29) is 0 Å². The summed E-state index contributed by atoms with van der Waals surface area (Å²) in [6.07, 6.45) is 4.98. The maximum atomic E-state index is 8.95. The lowest BCUT2D eigenvalue weighted by Crippen LogP contribution is -2.16. The summed E-state index contributed by atoms with van der Waals surface area (Å²) in [7, 11) is 0. The van der Waals surface area contributed by atoms with Gasteiger partial charge in [0, 0.05) is 13.2 Å². The highest BCUT2D eigenvalue weighted by atomic mass is 16.3. The van der Waals surface area contributed by atoms with Crippen LogP contribution in [-0.2, 0) is 6.54 Å². The van der Waals surface area contributed by atoms with Gasteiger partial charge in [-0.3, -0.25) is 0 Å². The summed E-state index contributed by atoms with van der Waals surface area (Å²) in [5, 5.41) is 12.5. The van der Waals surface area contributed by atoms with E-state index in [1.807, 2.05) is 0 Å².